The van der Waals surface area contributed by atoms with Crippen LogP contribution >= 0.6 is 0 Å². The summed E-state index contributed by atoms with van der Waals surface area (Å²) >= 11 is 0. The SMILES string of the molecule is CCC(=CCOc1cn(C(C)C)c2cc(NC3CCCCC3)c(F)cc2c1=O)C(=O)O. The van der Waals surface area contributed by atoms with E-state index in [0.29, 0.717) is 17.6 Å². The largest absolute Gasteiger partial charge is 0.484 e. The maximum atomic E-state index is 14.9. The first-order valence-corrected chi connectivity index (χ1v) is 11.0. The standard InChI is InChI=1S/C24H31FN2O4/c1-4-16(24(29)30)10-11-31-22-14-27(15(2)3)21-13-20(19(25)12-18(21)23(22)28)26-17-8-6-5-7-9-17/h10,12-15,17,26H,4-9,11H2,1-3H3,(H,29,30). The van der Waals surface area contributed by atoms with Crippen LogP contribution in [0.15, 0.2) is 34.8 Å². The van der Waals surface area contributed by atoms with Crippen molar-refractivity contribution < 1.29 is 19.0 Å². The van der Waals surface area contributed by atoms with Gasteiger partial charge in [0.05, 0.1) is 22.8 Å². The topological polar surface area (TPSA) is 80.6 Å². The lowest BCUT2D eigenvalue weighted by atomic mass is 9.95. The third-order valence-electron chi connectivity index (χ3n) is 5.83. The third kappa shape index (κ3) is 5.27. The molecule has 0 saturated heterocycles. The summed E-state index contributed by atoms with van der Waals surface area (Å²) in [6.45, 7) is 5.65. The van der Waals surface area contributed by atoms with Gasteiger partial charge in [0.2, 0.25) is 5.43 Å². The number of anilines is 1. The van der Waals surface area contributed by atoms with Gasteiger partial charge >= 0.3 is 5.97 Å². The van der Waals surface area contributed by atoms with Crippen LogP contribution in [-0.2, 0) is 4.79 Å². The maximum Gasteiger partial charge on any atom is 0.331 e. The molecule has 0 aliphatic heterocycles. The molecule has 31 heavy (non-hydrogen) atoms. The van der Waals surface area contributed by atoms with Gasteiger partial charge in [-0.05, 0) is 51.3 Å². The molecule has 7 heteroatoms. The van der Waals surface area contributed by atoms with Gasteiger partial charge in [-0.15, -0.1) is 0 Å². The van der Waals surface area contributed by atoms with Crippen LogP contribution in [0.3, 0.4) is 0 Å². The summed E-state index contributed by atoms with van der Waals surface area (Å²) in [5, 5.41) is 12.7. The Morgan fingerprint density at radius 3 is 2.65 bits per heavy atom. The number of fused-ring (bicyclic) bond motifs is 1. The fourth-order valence-corrected chi connectivity index (χ4v) is 4.07. The molecule has 0 radical (unpaired) electrons. The minimum Gasteiger partial charge on any atom is -0.484 e. The molecular formula is C24H31FN2O4. The van der Waals surface area contributed by atoms with E-state index >= 15 is 0 Å². The number of pyridine rings is 1. The number of aliphatic carboxylic acids is 1. The van der Waals surface area contributed by atoms with Gasteiger partial charge in [-0.2, -0.15) is 0 Å². The van der Waals surface area contributed by atoms with Crippen molar-refractivity contribution in [2.24, 2.45) is 0 Å². The molecule has 168 valence electrons. The van der Waals surface area contributed by atoms with E-state index < -0.39 is 17.2 Å². The van der Waals surface area contributed by atoms with Gasteiger partial charge in [-0.3, -0.25) is 4.79 Å². The number of halogens is 1. The molecule has 0 spiro atoms. The summed E-state index contributed by atoms with van der Waals surface area (Å²) in [5.41, 5.74) is 0.868. The Labute approximate surface area is 181 Å². The summed E-state index contributed by atoms with van der Waals surface area (Å²) in [6.07, 6.45) is 8.96. The molecule has 2 aromatic rings. The lowest BCUT2D eigenvalue weighted by Crippen LogP contribution is -2.23. The van der Waals surface area contributed by atoms with Crippen molar-refractivity contribution in [3.8, 4) is 5.75 Å². The zero-order valence-corrected chi connectivity index (χ0v) is 18.4. The van der Waals surface area contributed by atoms with Crippen LogP contribution in [-0.4, -0.2) is 28.3 Å². The van der Waals surface area contributed by atoms with Gasteiger partial charge in [0, 0.05) is 17.7 Å². The number of ether oxygens (including phenoxy) is 1. The molecule has 1 aromatic carbocycles. The molecule has 0 amide bonds. The highest BCUT2D eigenvalue weighted by Crippen LogP contribution is 2.28. The lowest BCUT2D eigenvalue weighted by molar-refractivity contribution is -0.132. The van der Waals surface area contributed by atoms with Gasteiger partial charge in [0.25, 0.3) is 0 Å². The Morgan fingerprint density at radius 1 is 1.32 bits per heavy atom. The number of carbonyl (C=O) groups is 1. The highest BCUT2D eigenvalue weighted by molar-refractivity contribution is 5.86. The van der Waals surface area contributed by atoms with Crippen LogP contribution < -0.4 is 15.5 Å². The number of carboxylic acid groups (broad SMARTS) is 1. The summed E-state index contributed by atoms with van der Waals surface area (Å²) in [7, 11) is 0. The molecule has 1 fully saturated rings. The van der Waals surface area contributed by atoms with Gasteiger partial charge in [-0.1, -0.05) is 26.2 Å². The molecule has 1 aromatic heterocycles. The van der Waals surface area contributed by atoms with Crippen molar-refractivity contribution in [2.45, 2.75) is 71.4 Å². The Bertz CT molecular complexity index is 1040. The average molecular weight is 431 g/mol. The number of benzene rings is 1. The predicted molar refractivity (Wildman–Crippen MR) is 121 cm³/mol. The number of aromatic nitrogens is 1. The van der Waals surface area contributed by atoms with Gasteiger partial charge in [-0.25, -0.2) is 9.18 Å². The first-order valence-electron chi connectivity index (χ1n) is 11.0. The molecule has 0 atom stereocenters. The fourth-order valence-electron chi connectivity index (χ4n) is 4.07. The number of nitrogens with zero attached hydrogens (tertiary/aromatic N) is 1. The molecule has 1 saturated carbocycles. The maximum absolute atomic E-state index is 14.9. The van der Waals surface area contributed by atoms with E-state index in [0.717, 1.165) is 25.7 Å². The average Bonchev–Trinajstić information content (AvgIpc) is 2.74. The van der Waals surface area contributed by atoms with Gasteiger partial charge < -0.3 is 19.7 Å². The van der Waals surface area contributed by atoms with Crippen LogP contribution in [0, 0.1) is 5.82 Å². The summed E-state index contributed by atoms with van der Waals surface area (Å²) < 4.78 is 22.4. The lowest BCUT2D eigenvalue weighted by Gasteiger charge is -2.25. The Morgan fingerprint density at radius 2 is 2.03 bits per heavy atom. The van der Waals surface area contributed by atoms with Crippen molar-refractivity contribution >= 4 is 22.6 Å². The quantitative estimate of drug-likeness (QED) is 0.558. The van der Waals surface area contributed by atoms with E-state index in [1.54, 1.807) is 19.2 Å². The van der Waals surface area contributed by atoms with Crippen molar-refractivity contribution in [3.63, 3.8) is 0 Å². The number of nitrogens with one attached hydrogen (secondary N) is 1. The second-order valence-corrected chi connectivity index (χ2v) is 8.35. The van der Waals surface area contributed by atoms with Gasteiger partial charge in [0.15, 0.2) is 5.75 Å². The van der Waals surface area contributed by atoms with E-state index in [9.17, 15) is 14.0 Å². The summed E-state index contributed by atoms with van der Waals surface area (Å²) in [5.74, 6) is -1.39. The highest BCUT2D eigenvalue weighted by Gasteiger charge is 2.19. The van der Waals surface area contributed by atoms with E-state index in [4.69, 9.17) is 9.84 Å². The number of hydrogen-bond acceptors (Lipinski definition) is 4. The number of hydrogen-bond donors (Lipinski definition) is 2. The van der Waals surface area contributed by atoms with E-state index in [2.05, 4.69) is 5.32 Å². The molecule has 6 nitrogen and oxygen atoms in total. The molecule has 0 unspecified atom stereocenters. The van der Waals surface area contributed by atoms with E-state index in [-0.39, 0.29) is 35.4 Å². The number of carboxylic acids is 1. The van der Waals surface area contributed by atoms with Crippen molar-refractivity contribution in [1.29, 1.82) is 0 Å². The Kier molecular flexibility index (Phi) is 7.36. The van der Waals surface area contributed by atoms with E-state index in [1.807, 2.05) is 18.4 Å². The minimum atomic E-state index is -1.01. The van der Waals surface area contributed by atoms with Crippen LogP contribution in [0.5, 0.6) is 5.75 Å². The first-order chi connectivity index (χ1) is 14.8. The molecule has 1 aliphatic rings. The van der Waals surface area contributed by atoms with Crippen molar-refractivity contribution in [2.75, 3.05) is 11.9 Å². The summed E-state index contributed by atoms with van der Waals surface area (Å²) in [4.78, 5) is 24.1. The first kappa shape index (κ1) is 22.8. The smallest absolute Gasteiger partial charge is 0.331 e. The fraction of sp³-hybridized carbons (Fsp3) is 0.500. The van der Waals surface area contributed by atoms with Crippen LogP contribution in [0.1, 0.15) is 65.3 Å². The Hall–Kier alpha value is -2.83. The van der Waals surface area contributed by atoms with Crippen LogP contribution in [0.2, 0.25) is 0 Å². The molecular weight excluding hydrogens is 399 g/mol. The molecule has 3 rings (SSSR count). The number of rotatable bonds is 8. The zero-order chi connectivity index (χ0) is 22.5. The summed E-state index contributed by atoms with van der Waals surface area (Å²) in [6, 6.07) is 3.25. The molecule has 2 N–H and O–H groups in total. The highest BCUT2D eigenvalue weighted by atomic mass is 19.1. The second-order valence-electron chi connectivity index (χ2n) is 8.35. The van der Waals surface area contributed by atoms with Crippen molar-refractivity contribution in [3.05, 3.63) is 46.0 Å². The van der Waals surface area contributed by atoms with Crippen LogP contribution in [0.25, 0.3) is 10.9 Å². The van der Waals surface area contributed by atoms with Crippen LogP contribution in [0.4, 0.5) is 10.1 Å². The molecule has 0 bridgehead atoms. The molecule has 1 heterocycles. The second kappa shape index (κ2) is 9.98. The molecule has 1 aliphatic carbocycles. The normalized spacial score (nSPS) is 15.5. The minimum absolute atomic E-state index is 0.0132. The van der Waals surface area contributed by atoms with Crippen molar-refractivity contribution in [1.82, 2.24) is 4.57 Å². The van der Waals surface area contributed by atoms with E-state index in [1.165, 1.54) is 18.6 Å². The van der Waals surface area contributed by atoms with Gasteiger partial charge in [0.1, 0.15) is 12.4 Å². The third-order valence-corrected chi connectivity index (χ3v) is 5.83. The Balaban J connectivity index is 1.97. The predicted octanol–water partition coefficient (Wildman–Crippen LogP) is 5.27. The monoisotopic (exact) mass is 430 g/mol. The zero-order valence-electron chi connectivity index (χ0n) is 18.4.